The highest BCUT2D eigenvalue weighted by Crippen LogP contribution is 2.25. The van der Waals surface area contributed by atoms with Crippen molar-refractivity contribution in [1.29, 1.82) is 0 Å². The number of hydrogen-bond acceptors (Lipinski definition) is 7. The summed E-state index contributed by atoms with van der Waals surface area (Å²) >= 11 is 0. The smallest absolute Gasteiger partial charge is 0.405 e. The fraction of sp³-hybridized carbons (Fsp3) is 0.583. The molecule has 2 amide bonds. The van der Waals surface area contributed by atoms with Crippen LogP contribution in [-0.4, -0.2) is 97.1 Å². The fourth-order valence-electron chi connectivity index (χ4n) is 3.70. The molecule has 1 saturated heterocycles. The molecule has 0 aliphatic carbocycles. The second-order valence-electron chi connectivity index (χ2n) is 8.69. The molecule has 14 heteroatoms. The maximum absolute atomic E-state index is 12.5. The fourth-order valence-corrected chi connectivity index (χ4v) is 3.70. The average molecular weight is 545 g/mol. The molecule has 0 bridgehead atoms. The van der Waals surface area contributed by atoms with Crippen molar-refractivity contribution in [1.82, 2.24) is 30.5 Å². The zero-order valence-corrected chi connectivity index (χ0v) is 20.9. The van der Waals surface area contributed by atoms with E-state index in [-0.39, 0.29) is 23.6 Å². The van der Waals surface area contributed by atoms with E-state index in [9.17, 15) is 27.2 Å². The molecular weight excluding hydrogens is 512 g/mol. The van der Waals surface area contributed by atoms with Crippen LogP contribution < -0.4 is 15.4 Å². The molecule has 1 aromatic carbocycles. The number of amides is 2. The topological polar surface area (TPSA) is 111 Å². The average Bonchev–Trinajstić information content (AvgIpc) is 3.39. The number of nitrogens with one attached hydrogen (secondary N) is 2. The lowest BCUT2D eigenvalue weighted by atomic mass is 10.1. The zero-order valence-electron chi connectivity index (χ0n) is 20.9. The van der Waals surface area contributed by atoms with Crippen LogP contribution in [0.1, 0.15) is 46.5 Å². The van der Waals surface area contributed by atoms with Gasteiger partial charge < -0.3 is 20.1 Å². The quantitative estimate of drug-likeness (QED) is 0.278. The SMILES string of the molecule is O=C(NCC(F)(F)F)c1ccc(-n2cc(C(=O)NCCN3CCOCC3)nn2)c(OCCCCCCF)c1. The van der Waals surface area contributed by atoms with E-state index in [0.717, 1.165) is 19.5 Å². The van der Waals surface area contributed by atoms with Crippen LogP contribution in [-0.2, 0) is 4.74 Å². The van der Waals surface area contributed by atoms with Crippen molar-refractivity contribution in [2.75, 3.05) is 59.2 Å². The molecule has 0 unspecified atom stereocenters. The van der Waals surface area contributed by atoms with E-state index in [4.69, 9.17) is 9.47 Å². The Labute approximate surface area is 217 Å². The lowest BCUT2D eigenvalue weighted by Gasteiger charge is -2.26. The number of carbonyl (C=O) groups excluding carboxylic acids is 2. The van der Waals surface area contributed by atoms with Gasteiger partial charge in [0.15, 0.2) is 5.69 Å². The van der Waals surface area contributed by atoms with Gasteiger partial charge in [-0.1, -0.05) is 11.6 Å². The number of morpholine rings is 1. The van der Waals surface area contributed by atoms with Crippen molar-refractivity contribution in [2.24, 2.45) is 0 Å². The third-order valence-corrected chi connectivity index (χ3v) is 5.75. The molecule has 1 aliphatic rings. The third-order valence-electron chi connectivity index (χ3n) is 5.75. The normalized spacial score (nSPS) is 14.3. The van der Waals surface area contributed by atoms with Crippen LogP contribution in [0, 0.1) is 0 Å². The number of unbranched alkanes of at least 4 members (excludes halogenated alkanes) is 3. The predicted molar refractivity (Wildman–Crippen MR) is 129 cm³/mol. The van der Waals surface area contributed by atoms with Gasteiger partial charge in [-0.25, -0.2) is 4.68 Å². The minimum Gasteiger partial charge on any atom is -0.491 e. The minimum absolute atomic E-state index is 0.0355. The Kier molecular flexibility index (Phi) is 11.3. The molecule has 1 fully saturated rings. The Balaban J connectivity index is 1.67. The maximum Gasteiger partial charge on any atom is 0.405 e. The summed E-state index contributed by atoms with van der Waals surface area (Å²) in [4.78, 5) is 27.0. The molecule has 0 atom stereocenters. The summed E-state index contributed by atoms with van der Waals surface area (Å²) in [7, 11) is 0. The number of benzene rings is 1. The predicted octanol–water partition coefficient (Wildman–Crippen LogP) is 2.53. The molecule has 2 heterocycles. The zero-order chi connectivity index (χ0) is 27.4. The highest BCUT2D eigenvalue weighted by molar-refractivity contribution is 5.95. The number of alkyl halides is 4. The number of nitrogens with zero attached hydrogens (tertiary/aromatic N) is 4. The van der Waals surface area contributed by atoms with Crippen LogP contribution in [0.3, 0.4) is 0 Å². The van der Waals surface area contributed by atoms with Crippen LogP contribution in [0.4, 0.5) is 17.6 Å². The second-order valence-corrected chi connectivity index (χ2v) is 8.69. The number of halogens is 4. The van der Waals surface area contributed by atoms with Crippen molar-refractivity contribution >= 4 is 11.8 Å². The summed E-state index contributed by atoms with van der Waals surface area (Å²) in [6.07, 6.45) is -0.664. The van der Waals surface area contributed by atoms with Crippen LogP contribution in [0.5, 0.6) is 5.75 Å². The van der Waals surface area contributed by atoms with Crippen molar-refractivity contribution in [3.63, 3.8) is 0 Å². The molecule has 2 N–H and O–H groups in total. The van der Waals surface area contributed by atoms with Crippen molar-refractivity contribution in [2.45, 2.75) is 31.9 Å². The Bertz CT molecular complexity index is 1040. The van der Waals surface area contributed by atoms with Gasteiger partial charge in [-0.05, 0) is 37.5 Å². The molecule has 38 heavy (non-hydrogen) atoms. The van der Waals surface area contributed by atoms with Gasteiger partial charge >= 0.3 is 6.18 Å². The van der Waals surface area contributed by atoms with Gasteiger partial charge in [0, 0.05) is 31.7 Å². The standard InChI is InChI=1S/C24H32F4N6O4/c25-7-3-1-2-4-12-38-21-15-18(22(35)30-17-24(26,27)28)5-6-20(21)34-16-19(31-32-34)23(36)29-8-9-33-10-13-37-14-11-33/h5-6,15-16H,1-4,7-14,17H2,(H,29,36)(H,30,35). The monoisotopic (exact) mass is 544 g/mol. The van der Waals surface area contributed by atoms with E-state index in [1.807, 2.05) is 5.32 Å². The molecule has 10 nitrogen and oxygen atoms in total. The Hall–Kier alpha value is -3.26. The van der Waals surface area contributed by atoms with Crippen LogP contribution in [0.25, 0.3) is 5.69 Å². The summed E-state index contributed by atoms with van der Waals surface area (Å²) in [5.74, 6) is -1.15. The summed E-state index contributed by atoms with van der Waals surface area (Å²) in [5, 5.41) is 12.5. The van der Waals surface area contributed by atoms with Gasteiger partial charge in [-0.2, -0.15) is 13.2 Å². The van der Waals surface area contributed by atoms with Crippen LogP contribution >= 0.6 is 0 Å². The number of ether oxygens (including phenoxy) is 2. The second kappa shape index (κ2) is 14.6. The molecule has 3 rings (SSSR count). The Morgan fingerprint density at radius 1 is 1.05 bits per heavy atom. The molecular formula is C24H32F4N6O4. The lowest BCUT2D eigenvalue weighted by molar-refractivity contribution is -0.123. The van der Waals surface area contributed by atoms with E-state index in [1.165, 1.54) is 29.1 Å². The molecule has 1 aromatic heterocycles. The largest absolute Gasteiger partial charge is 0.491 e. The first-order valence-electron chi connectivity index (χ1n) is 12.5. The van der Waals surface area contributed by atoms with E-state index in [1.54, 1.807) is 0 Å². The minimum atomic E-state index is -4.55. The number of rotatable bonds is 14. The number of hydrogen-bond donors (Lipinski definition) is 2. The van der Waals surface area contributed by atoms with Crippen LogP contribution in [0.15, 0.2) is 24.4 Å². The molecule has 2 aromatic rings. The Morgan fingerprint density at radius 2 is 1.82 bits per heavy atom. The molecule has 1 aliphatic heterocycles. The first kappa shape index (κ1) is 29.3. The highest BCUT2D eigenvalue weighted by Gasteiger charge is 2.28. The van der Waals surface area contributed by atoms with Crippen molar-refractivity contribution in [3.05, 3.63) is 35.7 Å². The van der Waals surface area contributed by atoms with Gasteiger partial charge in [0.1, 0.15) is 18.0 Å². The van der Waals surface area contributed by atoms with E-state index < -0.39 is 31.2 Å². The van der Waals surface area contributed by atoms with E-state index in [0.29, 0.717) is 51.3 Å². The van der Waals surface area contributed by atoms with Gasteiger partial charge in [-0.15, -0.1) is 5.10 Å². The van der Waals surface area contributed by atoms with Crippen molar-refractivity contribution in [3.8, 4) is 11.4 Å². The maximum atomic E-state index is 12.5. The Morgan fingerprint density at radius 3 is 2.55 bits per heavy atom. The van der Waals surface area contributed by atoms with E-state index >= 15 is 0 Å². The summed E-state index contributed by atoms with van der Waals surface area (Å²) in [5.41, 5.74) is 0.378. The first-order valence-corrected chi connectivity index (χ1v) is 12.5. The highest BCUT2D eigenvalue weighted by atomic mass is 19.4. The van der Waals surface area contributed by atoms with Gasteiger partial charge in [-0.3, -0.25) is 18.9 Å². The number of carbonyl (C=O) groups is 2. The molecule has 0 saturated carbocycles. The lowest BCUT2D eigenvalue weighted by Crippen LogP contribution is -2.41. The van der Waals surface area contributed by atoms with Gasteiger partial charge in [0.05, 0.1) is 32.7 Å². The van der Waals surface area contributed by atoms with Crippen LogP contribution in [0.2, 0.25) is 0 Å². The summed E-state index contributed by atoms with van der Waals surface area (Å²) < 4.78 is 62.2. The molecule has 0 radical (unpaired) electrons. The van der Waals surface area contributed by atoms with E-state index in [2.05, 4.69) is 20.5 Å². The van der Waals surface area contributed by atoms with Crippen molar-refractivity contribution < 1.29 is 36.6 Å². The first-order chi connectivity index (χ1) is 18.3. The summed E-state index contributed by atoms with van der Waals surface area (Å²) in [6.45, 7) is 2.38. The van der Waals surface area contributed by atoms with Gasteiger partial charge in [0.2, 0.25) is 0 Å². The summed E-state index contributed by atoms with van der Waals surface area (Å²) in [6, 6.07) is 4.10. The number of aromatic nitrogens is 3. The molecule has 210 valence electrons. The molecule has 0 spiro atoms. The third kappa shape index (κ3) is 9.56. The van der Waals surface area contributed by atoms with Gasteiger partial charge in [0.25, 0.3) is 11.8 Å².